The molecule has 98 valence electrons. The monoisotopic (exact) mass is 354 g/mol. The fourth-order valence-electron chi connectivity index (χ4n) is 1.89. The van der Waals surface area contributed by atoms with Crippen molar-refractivity contribution in [2.75, 3.05) is 19.6 Å². The Labute approximate surface area is 119 Å². The van der Waals surface area contributed by atoms with Crippen molar-refractivity contribution in [1.82, 2.24) is 0 Å². The molecule has 0 saturated carbocycles. The van der Waals surface area contributed by atoms with Crippen LogP contribution in [-0.2, 0) is 6.54 Å². The van der Waals surface area contributed by atoms with E-state index in [2.05, 4.69) is 20.8 Å². The van der Waals surface area contributed by atoms with Crippen LogP contribution in [0.25, 0.3) is 0 Å². The highest BCUT2D eigenvalue weighted by Gasteiger charge is 2.24. The minimum atomic E-state index is -0.498. The maximum atomic E-state index is 10.5. The molecule has 0 bridgehead atoms. The first kappa shape index (κ1) is 16.4. The molecule has 5 nitrogen and oxygen atoms in total. The molecule has 0 aliphatic carbocycles. The van der Waals surface area contributed by atoms with E-state index >= 15 is 0 Å². The molecule has 0 radical (unpaired) electrons. The molecule has 1 rings (SSSR count). The molecular formula is C11H19IN2O3. The number of rotatable bonds is 6. The molecule has 0 atom stereocenters. The van der Waals surface area contributed by atoms with Crippen molar-refractivity contribution in [3.63, 3.8) is 0 Å². The van der Waals surface area contributed by atoms with Crippen molar-refractivity contribution in [2.45, 2.75) is 27.3 Å². The fraction of sp³-hybridized carbons (Fsp3) is 0.636. The average Bonchev–Trinajstić information content (AvgIpc) is 2.74. The second-order valence-corrected chi connectivity index (χ2v) is 3.95. The Morgan fingerprint density at radius 1 is 1.24 bits per heavy atom. The van der Waals surface area contributed by atoms with Crippen LogP contribution in [0, 0.1) is 10.1 Å². The molecule has 0 saturated heterocycles. The van der Waals surface area contributed by atoms with Crippen molar-refractivity contribution in [2.24, 2.45) is 0 Å². The van der Waals surface area contributed by atoms with Gasteiger partial charge in [-0.2, -0.15) is 0 Å². The topological polar surface area (TPSA) is 56.3 Å². The minimum Gasteiger partial charge on any atom is -1.00 e. The zero-order chi connectivity index (χ0) is 12.2. The van der Waals surface area contributed by atoms with E-state index in [1.54, 1.807) is 6.07 Å². The van der Waals surface area contributed by atoms with Gasteiger partial charge in [-0.25, -0.2) is 0 Å². The first-order chi connectivity index (χ1) is 7.56. The largest absolute Gasteiger partial charge is 1.00 e. The molecule has 6 heteroatoms. The maximum Gasteiger partial charge on any atom is 0.433 e. The predicted molar refractivity (Wildman–Crippen MR) is 60.9 cm³/mol. The van der Waals surface area contributed by atoms with Gasteiger partial charge in [-0.1, -0.05) is 0 Å². The molecule has 0 fully saturated rings. The number of hydrogen-bond donors (Lipinski definition) is 0. The van der Waals surface area contributed by atoms with Crippen LogP contribution in [0.3, 0.4) is 0 Å². The van der Waals surface area contributed by atoms with Gasteiger partial charge in [-0.3, -0.25) is 10.1 Å². The average molecular weight is 354 g/mol. The number of quaternary nitrogens is 1. The molecule has 1 aromatic heterocycles. The summed E-state index contributed by atoms with van der Waals surface area (Å²) < 4.78 is 6.08. The Bertz CT molecular complexity index is 353. The van der Waals surface area contributed by atoms with Gasteiger partial charge in [-0.05, 0) is 26.8 Å². The van der Waals surface area contributed by atoms with E-state index in [-0.39, 0.29) is 29.9 Å². The van der Waals surface area contributed by atoms with Crippen molar-refractivity contribution in [3.8, 4) is 0 Å². The Hall–Kier alpha value is -0.630. The Kier molecular flexibility index (Phi) is 6.69. The minimum absolute atomic E-state index is 0. The highest BCUT2D eigenvalue weighted by molar-refractivity contribution is 5.17. The molecular weight excluding hydrogens is 335 g/mol. The summed E-state index contributed by atoms with van der Waals surface area (Å²) in [4.78, 5) is 10.00. The van der Waals surface area contributed by atoms with E-state index in [1.807, 2.05) is 0 Å². The molecule has 0 unspecified atom stereocenters. The lowest BCUT2D eigenvalue weighted by Gasteiger charge is -2.34. The molecule has 1 heterocycles. The van der Waals surface area contributed by atoms with Crippen molar-refractivity contribution < 1.29 is 37.8 Å². The summed E-state index contributed by atoms with van der Waals surface area (Å²) in [7, 11) is 0. The Morgan fingerprint density at radius 2 is 1.76 bits per heavy atom. The predicted octanol–water partition coefficient (Wildman–Crippen LogP) is -0.432. The third-order valence-electron chi connectivity index (χ3n) is 3.33. The van der Waals surface area contributed by atoms with Crippen LogP contribution in [0.15, 0.2) is 16.5 Å². The molecule has 0 N–H and O–H groups in total. The Balaban J connectivity index is 0.00000256. The fourth-order valence-corrected chi connectivity index (χ4v) is 1.89. The molecule has 0 aliphatic heterocycles. The SMILES string of the molecule is CC[N+](CC)(CC)Cc1ccc([N+](=O)[O-])o1.[I-]. The molecule has 17 heavy (non-hydrogen) atoms. The van der Waals surface area contributed by atoms with Crippen LogP contribution in [0.2, 0.25) is 0 Å². The third kappa shape index (κ3) is 3.95. The van der Waals surface area contributed by atoms with Gasteiger partial charge in [0.1, 0.15) is 11.5 Å². The van der Waals surface area contributed by atoms with Gasteiger partial charge in [0, 0.05) is 0 Å². The Morgan fingerprint density at radius 3 is 2.12 bits per heavy atom. The van der Waals surface area contributed by atoms with Crippen molar-refractivity contribution >= 4 is 5.88 Å². The quantitative estimate of drug-likeness (QED) is 0.302. The zero-order valence-electron chi connectivity index (χ0n) is 10.5. The number of halogens is 1. The lowest BCUT2D eigenvalue weighted by molar-refractivity contribution is -0.937. The molecule has 0 spiro atoms. The third-order valence-corrected chi connectivity index (χ3v) is 3.33. The van der Waals surface area contributed by atoms with Crippen LogP contribution < -0.4 is 24.0 Å². The van der Waals surface area contributed by atoms with Crippen LogP contribution in [0.5, 0.6) is 0 Å². The standard InChI is InChI=1S/C11H19N2O3.HI/c1-4-13(5-2,6-3)9-10-7-8-11(16-10)12(14)15;/h7-8H,4-6,9H2,1-3H3;1H/q+1;/p-1. The first-order valence-corrected chi connectivity index (χ1v) is 5.65. The van der Waals surface area contributed by atoms with Gasteiger partial charge in [0.05, 0.1) is 25.7 Å². The maximum absolute atomic E-state index is 10.5. The lowest BCUT2D eigenvalue weighted by atomic mass is 10.3. The van der Waals surface area contributed by atoms with E-state index < -0.39 is 4.92 Å². The van der Waals surface area contributed by atoms with Gasteiger partial charge >= 0.3 is 5.88 Å². The summed E-state index contributed by atoms with van der Waals surface area (Å²) in [6.07, 6.45) is 0. The summed E-state index contributed by atoms with van der Waals surface area (Å²) in [5, 5.41) is 10.5. The van der Waals surface area contributed by atoms with E-state index in [9.17, 15) is 10.1 Å². The first-order valence-electron chi connectivity index (χ1n) is 5.65. The van der Waals surface area contributed by atoms with Crippen LogP contribution in [-0.4, -0.2) is 29.0 Å². The van der Waals surface area contributed by atoms with Gasteiger partial charge in [0.15, 0.2) is 5.76 Å². The van der Waals surface area contributed by atoms with Crippen LogP contribution >= 0.6 is 0 Å². The highest BCUT2D eigenvalue weighted by atomic mass is 127. The van der Waals surface area contributed by atoms with Crippen LogP contribution in [0.1, 0.15) is 26.5 Å². The highest BCUT2D eigenvalue weighted by Crippen LogP contribution is 2.20. The number of furan rings is 1. The summed E-state index contributed by atoms with van der Waals surface area (Å²) in [5.41, 5.74) is 0. The lowest BCUT2D eigenvalue weighted by Crippen LogP contribution is -3.00. The molecule has 0 aliphatic rings. The molecule has 0 amide bonds. The summed E-state index contributed by atoms with van der Waals surface area (Å²) in [5.74, 6) is 0.522. The summed E-state index contributed by atoms with van der Waals surface area (Å²) in [6.45, 7) is 10.1. The molecule has 1 aromatic rings. The van der Waals surface area contributed by atoms with E-state index in [0.717, 1.165) is 30.7 Å². The normalized spacial score (nSPS) is 11.0. The smallest absolute Gasteiger partial charge is 0.433 e. The number of nitro groups is 1. The second-order valence-electron chi connectivity index (χ2n) is 3.95. The van der Waals surface area contributed by atoms with Crippen molar-refractivity contribution in [1.29, 1.82) is 0 Å². The number of nitrogens with zero attached hydrogens (tertiary/aromatic N) is 2. The summed E-state index contributed by atoms with van der Waals surface area (Å²) >= 11 is 0. The van der Waals surface area contributed by atoms with Crippen LogP contribution in [0.4, 0.5) is 5.88 Å². The van der Waals surface area contributed by atoms with Crippen molar-refractivity contribution in [3.05, 3.63) is 28.0 Å². The van der Waals surface area contributed by atoms with Gasteiger partial charge < -0.3 is 32.9 Å². The zero-order valence-corrected chi connectivity index (χ0v) is 12.6. The molecule has 0 aromatic carbocycles. The van der Waals surface area contributed by atoms with Gasteiger partial charge in [0.25, 0.3) is 0 Å². The van der Waals surface area contributed by atoms with E-state index in [4.69, 9.17) is 4.42 Å². The van der Waals surface area contributed by atoms with Gasteiger partial charge in [-0.15, -0.1) is 0 Å². The van der Waals surface area contributed by atoms with E-state index in [1.165, 1.54) is 6.07 Å². The summed E-state index contributed by atoms with van der Waals surface area (Å²) in [6, 6.07) is 3.12. The second kappa shape index (κ2) is 6.95. The van der Waals surface area contributed by atoms with Gasteiger partial charge in [0.2, 0.25) is 0 Å². The number of hydrogen-bond acceptors (Lipinski definition) is 3. The van der Waals surface area contributed by atoms with E-state index in [0.29, 0.717) is 5.76 Å².